The summed E-state index contributed by atoms with van der Waals surface area (Å²) in [5.41, 5.74) is 2.05. The number of nitrogens with one attached hydrogen (secondary N) is 1. The van der Waals surface area contributed by atoms with Gasteiger partial charge in [0, 0.05) is 17.5 Å². The maximum Gasteiger partial charge on any atom is 0.123 e. The highest BCUT2D eigenvalue weighted by Gasteiger charge is 2.20. The average Bonchev–Trinajstić information content (AvgIpc) is 3.08. The van der Waals surface area contributed by atoms with Gasteiger partial charge in [0.1, 0.15) is 10.8 Å². The first-order chi connectivity index (χ1) is 8.81. The molecule has 1 heterocycles. The van der Waals surface area contributed by atoms with E-state index in [-0.39, 0.29) is 5.82 Å². The highest BCUT2D eigenvalue weighted by Crippen LogP contribution is 2.28. The van der Waals surface area contributed by atoms with E-state index in [9.17, 15) is 4.39 Å². The van der Waals surface area contributed by atoms with Crippen molar-refractivity contribution in [2.45, 2.75) is 19.4 Å². The van der Waals surface area contributed by atoms with E-state index in [4.69, 9.17) is 0 Å². The van der Waals surface area contributed by atoms with Crippen molar-refractivity contribution >= 4 is 11.3 Å². The van der Waals surface area contributed by atoms with Gasteiger partial charge in [0.2, 0.25) is 0 Å². The molecule has 4 heteroatoms. The zero-order valence-corrected chi connectivity index (χ0v) is 10.8. The Morgan fingerprint density at radius 1 is 1.28 bits per heavy atom. The van der Waals surface area contributed by atoms with Crippen LogP contribution < -0.4 is 5.32 Å². The van der Waals surface area contributed by atoms with E-state index in [1.807, 2.05) is 0 Å². The molecule has 18 heavy (non-hydrogen) atoms. The first kappa shape index (κ1) is 11.8. The highest BCUT2D eigenvalue weighted by molar-refractivity contribution is 7.13. The Morgan fingerprint density at radius 2 is 2.06 bits per heavy atom. The SMILES string of the molecule is Fc1ccc(-c2nc(CNCC3CC3)cs2)cc1. The normalized spacial score (nSPS) is 14.9. The zero-order valence-electron chi connectivity index (χ0n) is 10.0. The van der Waals surface area contributed by atoms with Gasteiger partial charge in [0.05, 0.1) is 5.69 Å². The second kappa shape index (κ2) is 5.16. The number of rotatable bonds is 5. The first-order valence-electron chi connectivity index (χ1n) is 6.22. The molecule has 1 aromatic carbocycles. The molecule has 0 radical (unpaired) electrons. The number of nitrogens with zero attached hydrogens (tertiary/aromatic N) is 1. The van der Waals surface area contributed by atoms with Crippen LogP contribution in [0, 0.1) is 11.7 Å². The summed E-state index contributed by atoms with van der Waals surface area (Å²) in [6.07, 6.45) is 2.73. The average molecular weight is 262 g/mol. The van der Waals surface area contributed by atoms with Gasteiger partial charge in [-0.2, -0.15) is 0 Å². The number of aromatic nitrogens is 1. The van der Waals surface area contributed by atoms with E-state index >= 15 is 0 Å². The summed E-state index contributed by atoms with van der Waals surface area (Å²) in [7, 11) is 0. The van der Waals surface area contributed by atoms with Crippen molar-refractivity contribution < 1.29 is 4.39 Å². The molecule has 2 nitrogen and oxygen atoms in total. The number of thiazole rings is 1. The number of hydrogen-bond donors (Lipinski definition) is 1. The molecule has 0 saturated heterocycles. The van der Waals surface area contributed by atoms with Crippen molar-refractivity contribution in [2.24, 2.45) is 5.92 Å². The molecule has 1 aliphatic carbocycles. The molecule has 0 spiro atoms. The predicted molar refractivity (Wildman–Crippen MR) is 71.9 cm³/mol. The van der Waals surface area contributed by atoms with Gasteiger partial charge in [0.25, 0.3) is 0 Å². The number of hydrogen-bond acceptors (Lipinski definition) is 3. The van der Waals surface area contributed by atoms with Crippen LogP contribution in [0.25, 0.3) is 10.6 Å². The lowest BCUT2D eigenvalue weighted by atomic mass is 10.2. The summed E-state index contributed by atoms with van der Waals surface area (Å²) in [5.74, 6) is 0.682. The van der Waals surface area contributed by atoms with Crippen molar-refractivity contribution in [3.63, 3.8) is 0 Å². The molecular formula is C14H15FN2S. The molecular weight excluding hydrogens is 247 g/mol. The lowest BCUT2D eigenvalue weighted by Gasteiger charge is -1.99. The highest BCUT2D eigenvalue weighted by atomic mass is 32.1. The van der Waals surface area contributed by atoms with Gasteiger partial charge in [-0.1, -0.05) is 0 Å². The first-order valence-corrected chi connectivity index (χ1v) is 7.10. The summed E-state index contributed by atoms with van der Waals surface area (Å²) < 4.78 is 12.8. The van der Waals surface area contributed by atoms with Crippen LogP contribution >= 0.6 is 11.3 Å². The molecule has 1 saturated carbocycles. The second-order valence-corrected chi connectivity index (χ2v) is 5.58. The van der Waals surface area contributed by atoms with Crippen LogP contribution in [0.1, 0.15) is 18.5 Å². The van der Waals surface area contributed by atoms with Crippen molar-refractivity contribution in [1.29, 1.82) is 0 Å². The van der Waals surface area contributed by atoms with Crippen molar-refractivity contribution in [3.05, 3.63) is 41.2 Å². The fourth-order valence-corrected chi connectivity index (χ4v) is 2.67. The fourth-order valence-electron chi connectivity index (χ4n) is 1.84. The molecule has 1 aliphatic rings. The van der Waals surface area contributed by atoms with Crippen LogP contribution in [0.2, 0.25) is 0 Å². The Kier molecular flexibility index (Phi) is 3.39. The van der Waals surface area contributed by atoms with Gasteiger partial charge in [0.15, 0.2) is 0 Å². The Hall–Kier alpha value is -1.26. The third kappa shape index (κ3) is 2.94. The van der Waals surface area contributed by atoms with E-state index in [2.05, 4.69) is 15.7 Å². The van der Waals surface area contributed by atoms with E-state index in [0.717, 1.165) is 35.3 Å². The van der Waals surface area contributed by atoms with Crippen LogP contribution in [0.5, 0.6) is 0 Å². The quantitative estimate of drug-likeness (QED) is 0.892. The van der Waals surface area contributed by atoms with Gasteiger partial charge < -0.3 is 5.32 Å². The standard InChI is InChI=1S/C14H15FN2S/c15-12-5-3-11(4-6-12)14-17-13(9-18-14)8-16-7-10-1-2-10/h3-6,9-10,16H,1-2,7-8H2. The number of benzene rings is 1. The van der Waals surface area contributed by atoms with Crippen molar-refractivity contribution in [2.75, 3.05) is 6.54 Å². The molecule has 94 valence electrons. The van der Waals surface area contributed by atoms with Gasteiger partial charge in [-0.25, -0.2) is 9.37 Å². The van der Waals surface area contributed by atoms with Crippen molar-refractivity contribution in [1.82, 2.24) is 10.3 Å². The van der Waals surface area contributed by atoms with Crippen LogP contribution in [-0.4, -0.2) is 11.5 Å². The summed E-state index contributed by atoms with van der Waals surface area (Å²) in [4.78, 5) is 4.56. The van der Waals surface area contributed by atoms with E-state index in [0.29, 0.717) is 0 Å². The van der Waals surface area contributed by atoms with E-state index in [1.165, 1.54) is 25.0 Å². The number of halogens is 1. The smallest absolute Gasteiger partial charge is 0.123 e. The summed E-state index contributed by atoms with van der Waals surface area (Å²) in [6, 6.07) is 6.49. The molecule has 1 aromatic heterocycles. The van der Waals surface area contributed by atoms with Crippen LogP contribution in [-0.2, 0) is 6.54 Å². The predicted octanol–water partition coefficient (Wildman–Crippen LogP) is 3.45. The third-order valence-corrected chi connectivity index (χ3v) is 4.02. The minimum Gasteiger partial charge on any atom is -0.311 e. The molecule has 2 aromatic rings. The summed E-state index contributed by atoms with van der Waals surface area (Å²) in [5, 5.41) is 6.45. The molecule has 3 rings (SSSR count). The van der Waals surface area contributed by atoms with Crippen LogP contribution in [0.3, 0.4) is 0 Å². The van der Waals surface area contributed by atoms with E-state index < -0.39 is 0 Å². The lowest BCUT2D eigenvalue weighted by Crippen LogP contribution is -2.16. The Morgan fingerprint density at radius 3 is 2.78 bits per heavy atom. The topological polar surface area (TPSA) is 24.9 Å². The molecule has 0 aliphatic heterocycles. The molecule has 0 atom stereocenters. The Balaban J connectivity index is 1.62. The van der Waals surface area contributed by atoms with Crippen LogP contribution in [0.15, 0.2) is 29.6 Å². The van der Waals surface area contributed by atoms with Crippen LogP contribution in [0.4, 0.5) is 4.39 Å². The van der Waals surface area contributed by atoms with E-state index in [1.54, 1.807) is 23.5 Å². The monoisotopic (exact) mass is 262 g/mol. The Labute approximate surface area is 110 Å². The summed E-state index contributed by atoms with van der Waals surface area (Å²) >= 11 is 1.61. The molecule has 0 bridgehead atoms. The Bertz CT molecular complexity index is 517. The third-order valence-electron chi connectivity index (χ3n) is 3.08. The van der Waals surface area contributed by atoms with Gasteiger partial charge in [-0.05, 0) is 49.6 Å². The molecule has 1 N–H and O–H groups in total. The zero-order chi connectivity index (χ0) is 12.4. The maximum absolute atomic E-state index is 12.8. The van der Waals surface area contributed by atoms with Gasteiger partial charge in [-0.3, -0.25) is 0 Å². The second-order valence-electron chi connectivity index (χ2n) is 4.73. The van der Waals surface area contributed by atoms with Crippen molar-refractivity contribution in [3.8, 4) is 10.6 Å². The van der Waals surface area contributed by atoms with Gasteiger partial charge in [-0.15, -0.1) is 11.3 Å². The largest absolute Gasteiger partial charge is 0.311 e. The lowest BCUT2D eigenvalue weighted by molar-refractivity contribution is 0.628. The molecule has 0 amide bonds. The molecule has 1 fully saturated rings. The van der Waals surface area contributed by atoms with Gasteiger partial charge >= 0.3 is 0 Å². The molecule has 0 unspecified atom stereocenters. The summed E-state index contributed by atoms with van der Waals surface area (Å²) in [6.45, 7) is 1.93. The minimum atomic E-state index is -0.207. The maximum atomic E-state index is 12.8. The minimum absolute atomic E-state index is 0.207. The fraction of sp³-hybridized carbons (Fsp3) is 0.357.